The van der Waals surface area contributed by atoms with Crippen LogP contribution in [0.5, 0.6) is 11.5 Å². The molecule has 0 atom stereocenters. The number of carbonyl (C=O) groups excluding carboxylic acids is 1. The van der Waals surface area contributed by atoms with Crippen LogP contribution in [-0.2, 0) is 4.79 Å². The molecule has 5 nitrogen and oxygen atoms in total. The number of ether oxygens (including phenoxy) is 2. The second kappa shape index (κ2) is 10.6. The van der Waals surface area contributed by atoms with Crippen molar-refractivity contribution in [2.75, 3.05) is 6.61 Å². The van der Waals surface area contributed by atoms with Crippen molar-refractivity contribution in [3.8, 4) is 11.5 Å². The number of aliphatic carboxylic acids is 1. The summed E-state index contributed by atoms with van der Waals surface area (Å²) in [5.41, 5.74) is 0.641. The lowest BCUT2D eigenvalue weighted by atomic mass is 10.1. The average molecular weight is 494 g/mol. The Kier molecular flexibility index (Phi) is 8.30. The maximum atomic E-state index is 13.2. The molecule has 34 heavy (non-hydrogen) atoms. The number of benzene rings is 2. The molecule has 0 spiro atoms. The van der Waals surface area contributed by atoms with Gasteiger partial charge in [0.25, 0.3) is 0 Å². The molecule has 0 aliphatic rings. The molecule has 0 saturated carbocycles. The number of carbonyl (C=O) groups is 2. The summed E-state index contributed by atoms with van der Waals surface area (Å²) >= 11 is 0. The van der Waals surface area contributed by atoms with Crippen LogP contribution in [0.3, 0.4) is 0 Å². The van der Waals surface area contributed by atoms with E-state index < -0.39 is 49.4 Å². The molecule has 0 aromatic heterocycles. The maximum Gasteiger partial charge on any atom is 0.459 e. The third-order valence-electron chi connectivity index (χ3n) is 4.32. The molecule has 0 fully saturated rings. The molecule has 0 saturated heterocycles. The minimum Gasteiger partial charge on any atom is -0.494 e. The van der Waals surface area contributed by atoms with Gasteiger partial charge in [-0.15, -0.1) is 0 Å². The Morgan fingerprint density at radius 2 is 1.41 bits per heavy atom. The monoisotopic (exact) mass is 494 g/mol. The number of hydrogen-bond acceptors (Lipinski definition) is 4. The van der Waals surface area contributed by atoms with E-state index in [4.69, 9.17) is 14.6 Å². The van der Waals surface area contributed by atoms with Crippen LogP contribution in [0.15, 0.2) is 54.6 Å². The van der Waals surface area contributed by atoms with Crippen molar-refractivity contribution in [2.45, 2.75) is 30.9 Å². The molecule has 0 unspecified atom stereocenters. The van der Waals surface area contributed by atoms with Gasteiger partial charge in [0, 0.05) is 12.5 Å². The molecule has 0 radical (unpaired) electrons. The van der Waals surface area contributed by atoms with Crippen molar-refractivity contribution < 1.29 is 54.9 Å². The lowest BCUT2D eigenvalue weighted by molar-refractivity contribution is -0.355. The summed E-state index contributed by atoms with van der Waals surface area (Å²) < 4.78 is 98.6. The highest BCUT2D eigenvalue weighted by Crippen LogP contribution is 2.48. The molecule has 0 aliphatic heterocycles. The highest BCUT2D eigenvalue weighted by Gasteiger charge is 2.72. The lowest BCUT2D eigenvalue weighted by Gasteiger charge is -2.28. The average Bonchev–Trinajstić information content (AvgIpc) is 2.75. The summed E-state index contributed by atoms with van der Waals surface area (Å²) in [5.74, 6) is -13.1. The first kappa shape index (κ1) is 26.7. The molecule has 2 rings (SSSR count). The molecule has 2 aromatic carbocycles. The summed E-state index contributed by atoms with van der Waals surface area (Å²) in [5, 5.41) is 8.58. The summed E-state index contributed by atoms with van der Waals surface area (Å²) in [6.07, 6.45) is -6.61. The topological polar surface area (TPSA) is 72.8 Å². The number of rotatable bonds is 10. The van der Waals surface area contributed by atoms with E-state index >= 15 is 0 Å². The molecular weight excluding hydrogens is 477 g/mol. The van der Waals surface area contributed by atoms with Crippen LogP contribution in [0.25, 0.3) is 6.08 Å². The molecule has 2 aromatic rings. The quantitative estimate of drug-likeness (QED) is 0.144. The molecule has 0 bridgehead atoms. The Bertz CT molecular complexity index is 1010. The Labute approximate surface area is 188 Å². The predicted molar refractivity (Wildman–Crippen MR) is 105 cm³/mol. The van der Waals surface area contributed by atoms with Crippen LogP contribution in [-0.4, -0.2) is 41.7 Å². The number of alkyl halides is 7. The first-order valence-electron chi connectivity index (χ1n) is 9.51. The van der Waals surface area contributed by atoms with E-state index in [1.165, 1.54) is 54.6 Å². The van der Waals surface area contributed by atoms with Crippen LogP contribution in [0.1, 0.15) is 28.8 Å². The van der Waals surface area contributed by atoms with Gasteiger partial charge in [-0.25, -0.2) is 9.59 Å². The number of halogens is 7. The van der Waals surface area contributed by atoms with E-state index in [1.807, 2.05) is 0 Å². The van der Waals surface area contributed by atoms with Gasteiger partial charge in [0.05, 0.1) is 12.2 Å². The highest BCUT2D eigenvalue weighted by molar-refractivity contribution is 5.91. The zero-order chi connectivity index (χ0) is 25.6. The van der Waals surface area contributed by atoms with Gasteiger partial charge < -0.3 is 14.6 Å². The lowest BCUT2D eigenvalue weighted by Crippen LogP contribution is -2.51. The molecule has 0 heterocycles. The molecular formula is C22H17F7O5. The fraction of sp³-hybridized carbons (Fsp3) is 0.273. The summed E-state index contributed by atoms with van der Waals surface area (Å²) in [7, 11) is 0. The zero-order valence-corrected chi connectivity index (χ0v) is 17.1. The van der Waals surface area contributed by atoms with Gasteiger partial charge in [-0.05, 0) is 54.5 Å². The van der Waals surface area contributed by atoms with Crippen LogP contribution < -0.4 is 9.47 Å². The Hall–Kier alpha value is -3.57. The zero-order valence-electron chi connectivity index (χ0n) is 17.1. The third-order valence-corrected chi connectivity index (χ3v) is 4.32. The fourth-order valence-electron chi connectivity index (χ4n) is 2.52. The Balaban J connectivity index is 1.86. The smallest absolute Gasteiger partial charge is 0.459 e. The second-order valence-corrected chi connectivity index (χ2v) is 6.88. The summed E-state index contributed by atoms with van der Waals surface area (Å²) in [4.78, 5) is 22.7. The van der Waals surface area contributed by atoms with E-state index in [-0.39, 0.29) is 17.1 Å². The van der Waals surface area contributed by atoms with Gasteiger partial charge in [-0.2, -0.15) is 30.7 Å². The Morgan fingerprint density at radius 1 is 0.853 bits per heavy atom. The highest BCUT2D eigenvalue weighted by atomic mass is 19.4. The third kappa shape index (κ3) is 6.96. The first-order valence-corrected chi connectivity index (χ1v) is 9.51. The number of carboxylic acid groups (broad SMARTS) is 1. The van der Waals surface area contributed by atoms with E-state index in [9.17, 15) is 40.3 Å². The van der Waals surface area contributed by atoms with Crippen molar-refractivity contribution in [3.05, 3.63) is 65.7 Å². The van der Waals surface area contributed by atoms with Crippen LogP contribution in [0.2, 0.25) is 0 Å². The van der Waals surface area contributed by atoms with Gasteiger partial charge in [0.2, 0.25) is 0 Å². The van der Waals surface area contributed by atoms with Gasteiger partial charge in [0.15, 0.2) is 0 Å². The number of esters is 1. The van der Waals surface area contributed by atoms with Crippen LogP contribution in [0, 0.1) is 0 Å². The Morgan fingerprint density at radius 3 is 1.94 bits per heavy atom. The van der Waals surface area contributed by atoms with Gasteiger partial charge in [-0.1, -0.05) is 12.1 Å². The molecule has 12 heteroatoms. The van der Waals surface area contributed by atoms with Crippen LogP contribution in [0.4, 0.5) is 30.7 Å². The summed E-state index contributed by atoms with van der Waals surface area (Å²) in [6, 6.07) is 11.0. The van der Waals surface area contributed by atoms with E-state index in [0.717, 1.165) is 6.08 Å². The van der Waals surface area contributed by atoms with Crippen molar-refractivity contribution in [3.63, 3.8) is 0 Å². The molecule has 0 aliphatic carbocycles. The molecule has 0 amide bonds. The van der Waals surface area contributed by atoms with Crippen molar-refractivity contribution in [1.29, 1.82) is 0 Å². The van der Waals surface area contributed by atoms with Crippen molar-refractivity contribution in [1.82, 2.24) is 0 Å². The molecule has 1 N–H and O–H groups in total. The minimum absolute atomic E-state index is 0.0667. The van der Waals surface area contributed by atoms with Crippen LogP contribution >= 0.6 is 0 Å². The fourth-order valence-corrected chi connectivity index (χ4v) is 2.52. The number of carboxylic acids is 1. The molecule has 184 valence electrons. The van der Waals surface area contributed by atoms with Gasteiger partial charge in [-0.3, -0.25) is 0 Å². The first-order chi connectivity index (χ1) is 15.7. The maximum absolute atomic E-state index is 13.2. The predicted octanol–water partition coefficient (Wildman–Crippen LogP) is 6.00. The van der Waals surface area contributed by atoms with Gasteiger partial charge in [0.1, 0.15) is 11.5 Å². The summed E-state index contributed by atoms with van der Waals surface area (Å²) in [6.45, 7) is -0.560. The van der Waals surface area contributed by atoms with Gasteiger partial charge >= 0.3 is 30.0 Å². The standard InChI is InChI=1S/C22H17F7O5/c23-20(24,21(25,26)22(27,28)29)12-1-13-33-16-9-5-15(6-10-16)19(32)34-17-7-2-14(3-8-17)4-11-18(30)31/h2-11H,1,12-13H2,(H,30,31). The van der Waals surface area contributed by atoms with Crippen molar-refractivity contribution in [2.24, 2.45) is 0 Å². The second-order valence-electron chi connectivity index (χ2n) is 6.88. The van der Waals surface area contributed by atoms with Crippen molar-refractivity contribution >= 4 is 18.0 Å². The van der Waals surface area contributed by atoms with E-state index in [1.54, 1.807) is 0 Å². The largest absolute Gasteiger partial charge is 0.494 e. The minimum atomic E-state index is -6.37. The number of hydrogen-bond donors (Lipinski definition) is 1. The van der Waals surface area contributed by atoms with E-state index in [0.29, 0.717) is 5.56 Å². The SMILES string of the molecule is O=C(O)C=Cc1ccc(OC(=O)c2ccc(OCCCC(F)(F)C(F)(F)C(F)(F)F)cc2)cc1. The van der Waals surface area contributed by atoms with E-state index in [2.05, 4.69) is 0 Å². The normalized spacial score (nSPS) is 12.6.